The molecule has 2 fully saturated rings. The minimum Gasteiger partial charge on any atom is -0.489 e. The summed E-state index contributed by atoms with van der Waals surface area (Å²) < 4.78 is 5.88. The minimum absolute atomic E-state index is 0.0478. The highest BCUT2D eigenvalue weighted by Crippen LogP contribution is 2.42. The predicted octanol–water partition coefficient (Wildman–Crippen LogP) is 3.26. The topological polar surface area (TPSA) is 62.4 Å². The standard InChI is InChI=1S/C20H22ClN3O2S/c1-12-18-19(27-11-17(25)22-20(18)24-23-12)14-4-8-16(9-5-14)26-10-13-2-6-15(21)7-3-13/h2-9,12,18-20,23-24H,10-11H2,1H3,(H,22,25). The smallest absolute Gasteiger partial charge is 0.231 e. The molecule has 0 saturated carbocycles. The van der Waals surface area contributed by atoms with Gasteiger partial charge in [0.15, 0.2) is 0 Å². The number of hydrazine groups is 1. The first-order chi connectivity index (χ1) is 13.1. The van der Waals surface area contributed by atoms with Gasteiger partial charge in [-0.1, -0.05) is 35.9 Å². The number of carbonyl (C=O) groups excluding carboxylic acids is 1. The Morgan fingerprint density at radius 3 is 2.59 bits per heavy atom. The zero-order chi connectivity index (χ0) is 18.8. The maximum atomic E-state index is 12.0. The van der Waals surface area contributed by atoms with E-state index in [-0.39, 0.29) is 29.3 Å². The first-order valence-electron chi connectivity index (χ1n) is 8.99. The maximum absolute atomic E-state index is 12.0. The molecule has 2 aromatic carbocycles. The average molecular weight is 404 g/mol. The number of hydrogen-bond acceptors (Lipinski definition) is 5. The maximum Gasteiger partial charge on any atom is 0.231 e. The van der Waals surface area contributed by atoms with Crippen molar-refractivity contribution in [3.8, 4) is 5.75 Å². The molecule has 3 N–H and O–H groups in total. The van der Waals surface area contributed by atoms with Gasteiger partial charge >= 0.3 is 0 Å². The lowest BCUT2D eigenvalue weighted by molar-refractivity contribution is -0.119. The van der Waals surface area contributed by atoms with Crippen LogP contribution in [0.3, 0.4) is 0 Å². The Morgan fingerprint density at radius 2 is 1.85 bits per heavy atom. The van der Waals surface area contributed by atoms with Crippen LogP contribution >= 0.6 is 23.4 Å². The molecule has 0 spiro atoms. The number of nitrogens with one attached hydrogen (secondary N) is 3. The molecule has 5 nitrogen and oxygen atoms in total. The van der Waals surface area contributed by atoms with Crippen molar-refractivity contribution in [2.45, 2.75) is 31.0 Å². The number of rotatable bonds is 4. The van der Waals surface area contributed by atoms with E-state index in [4.69, 9.17) is 16.3 Å². The second-order valence-corrected chi connectivity index (χ2v) is 8.48. The summed E-state index contributed by atoms with van der Waals surface area (Å²) in [6.07, 6.45) is -0.0478. The fourth-order valence-corrected chi connectivity index (χ4v) is 5.09. The SMILES string of the molecule is CC1NNC2NC(=O)CSC(c3ccc(OCc4ccc(Cl)cc4)cc3)C12. The molecule has 4 unspecified atom stereocenters. The minimum atomic E-state index is -0.0478. The van der Waals surface area contributed by atoms with Crippen LogP contribution in [-0.4, -0.2) is 23.9 Å². The number of ether oxygens (including phenoxy) is 1. The van der Waals surface area contributed by atoms with Crippen molar-refractivity contribution in [1.29, 1.82) is 0 Å². The Labute approximate surface area is 168 Å². The van der Waals surface area contributed by atoms with Crippen molar-refractivity contribution in [3.63, 3.8) is 0 Å². The van der Waals surface area contributed by atoms with Crippen molar-refractivity contribution >= 4 is 29.3 Å². The molecule has 0 aromatic heterocycles. The Morgan fingerprint density at radius 1 is 1.11 bits per heavy atom. The first-order valence-corrected chi connectivity index (χ1v) is 10.4. The van der Waals surface area contributed by atoms with Gasteiger partial charge in [0.1, 0.15) is 12.4 Å². The van der Waals surface area contributed by atoms with Gasteiger partial charge in [-0.2, -0.15) is 0 Å². The quantitative estimate of drug-likeness (QED) is 0.731. The normalized spacial score (nSPS) is 27.6. The van der Waals surface area contributed by atoms with Gasteiger partial charge in [0.25, 0.3) is 0 Å². The van der Waals surface area contributed by atoms with Crippen LogP contribution in [0.25, 0.3) is 0 Å². The molecule has 2 heterocycles. The van der Waals surface area contributed by atoms with E-state index >= 15 is 0 Å². The van der Waals surface area contributed by atoms with Crippen LogP contribution in [0.4, 0.5) is 0 Å². The van der Waals surface area contributed by atoms with E-state index in [1.54, 1.807) is 11.8 Å². The molecule has 2 aromatic rings. The Hall–Kier alpha value is -1.73. The molecule has 0 aliphatic carbocycles. The van der Waals surface area contributed by atoms with Crippen LogP contribution in [0, 0.1) is 5.92 Å². The van der Waals surface area contributed by atoms with Crippen LogP contribution in [0.5, 0.6) is 5.75 Å². The van der Waals surface area contributed by atoms with Crippen LogP contribution in [0.1, 0.15) is 23.3 Å². The lowest BCUT2D eigenvalue weighted by atomic mass is 9.91. The second-order valence-electron chi connectivity index (χ2n) is 6.92. The zero-order valence-corrected chi connectivity index (χ0v) is 16.5. The molecule has 2 aliphatic heterocycles. The highest BCUT2D eigenvalue weighted by Gasteiger charge is 2.42. The summed E-state index contributed by atoms with van der Waals surface area (Å²) in [4.78, 5) is 12.0. The van der Waals surface area contributed by atoms with E-state index in [1.807, 2.05) is 36.4 Å². The van der Waals surface area contributed by atoms with E-state index < -0.39 is 0 Å². The molecular weight excluding hydrogens is 382 g/mol. The molecule has 142 valence electrons. The van der Waals surface area contributed by atoms with Crippen molar-refractivity contribution in [3.05, 3.63) is 64.7 Å². The van der Waals surface area contributed by atoms with E-state index in [0.717, 1.165) is 16.3 Å². The number of hydrogen-bond donors (Lipinski definition) is 3. The molecule has 2 aliphatic rings. The Bertz CT molecular complexity index is 800. The molecule has 2 saturated heterocycles. The third-order valence-corrected chi connectivity index (χ3v) is 6.64. The molecule has 0 bridgehead atoms. The summed E-state index contributed by atoms with van der Waals surface area (Å²) in [5, 5.41) is 4.01. The van der Waals surface area contributed by atoms with Crippen molar-refractivity contribution < 1.29 is 9.53 Å². The van der Waals surface area contributed by atoms with Gasteiger partial charge in [0.05, 0.1) is 11.9 Å². The summed E-state index contributed by atoms with van der Waals surface area (Å²) in [5.41, 5.74) is 8.74. The molecule has 0 radical (unpaired) electrons. The van der Waals surface area contributed by atoms with Gasteiger partial charge in [-0.25, -0.2) is 5.43 Å². The number of fused-ring (bicyclic) bond motifs is 1. The van der Waals surface area contributed by atoms with E-state index in [9.17, 15) is 4.79 Å². The molecule has 4 rings (SSSR count). The molecule has 27 heavy (non-hydrogen) atoms. The van der Waals surface area contributed by atoms with Gasteiger partial charge in [0, 0.05) is 22.2 Å². The average Bonchev–Trinajstić information content (AvgIpc) is 2.93. The summed E-state index contributed by atoms with van der Waals surface area (Å²) in [7, 11) is 0. The molecule has 7 heteroatoms. The van der Waals surface area contributed by atoms with Crippen molar-refractivity contribution in [2.75, 3.05) is 5.75 Å². The Balaban J connectivity index is 1.46. The monoisotopic (exact) mass is 403 g/mol. The van der Waals surface area contributed by atoms with Crippen molar-refractivity contribution in [1.82, 2.24) is 16.2 Å². The largest absolute Gasteiger partial charge is 0.489 e. The summed E-state index contributed by atoms with van der Waals surface area (Å²) in [5.74, 6) is 1.65. The highest BCUT2D eigenvalue weighted by molar-refractivity contribution is 8.00. The lowest BCUT2D eigenvalue weighted by Crippen LogP contribution is -2.46. The summed E-state index contributed by atoms with van der Waals surface area (Å²) >= 11 is 7.61. The number of thioether (sulfide) groups is 1. The number of benzene rings is 2. The van der Waals surface area contributed by atoms with Crippen LogP contribution in [-0.2, 0) is 11.4 Å². The number of halogens is 1. The van der Waals surface area contributed by atoms with Gasteiger partial charge in [-0.3, -0.25) is 10.2 Å². The van der Waals surface area contributed by atoms with E-state index in [1.165, 1.54) is 5.56 Å². The number of carbonyl (C=O) groups is 1. The highest BCUT2D eigenvalue weighted by atomic mass is 35.5. The first kappa shape index (κ1) is 18.6. The third-order valence-electron chi connectivity index (χ3n) is 5.02. The van der Waals surface area contributed by atoms with Crippen molar-refractivity contribution in [2.24, 2.45) is 5.92 Å². The fraction of sp³-hybridized carbons (Fsp3) is 0.350. The van der Waals surface area contributed by atoms with Gasteiger partial charge < -0.3 is 10.1 Å². The number of amides is 1. The zero-order valence-electron chi connectivity index (χ0n) is 14.9. The van der Waals surface area contributed by atoms with Gasteiger partial charge in [-0.15, -0.1) is 11.8 Å². The molecule has 1 amide bonds. The van der Waals surface area contributed by atoms with Gasteiger partial charge in [-0.05, 0) is 42.3 Å². The molecular formula is C20H22ClN3O2S. The summed E-state index contributed by atoms with van der Waals surface area (Å²) in [6, 6.07) is 16.1. The lowest BCUT2D eigenvalue weighted by Gasteiger charge is -2.27. The predicted molar refractivity (Wildman–Crippen MR) is 109 cm³/mol. The van der Waals surface area contributed by atoms with Crippen LogP contribution < -0.4 is 20.9 Å². The summed E-state index contributed by atoms with van der Waals surface area (Å²) in [6.45, 7) is 2.65. The Kier molecular flexibility index (Phi) is 5.59. The van der Waals surface area contributed by atoms with E-state index in [2.05, 4.69) is 35.2 Å². The van der Waals surface area contributed by atoms with Gasteiger partial charge in [0.2, 0.25) is 5.91 Å². The molecule has 4 atom stereocenters. The van der Waals surface area contributed by atoms with E-state index in [0.29, 0.717) is 12.4 Å². The second kappa shape index (κ2) is 8.10. The third kappa shape index (κ3) is 4.24. The fourth-order valence-electron chi connectivity index (χ4n) is 3.58. The van der Waals surface area contributed by atoms with Crippen LogP contribution in [0.15, 0.2) is 48.5 Å². The van der Waals surface area contributed by atoms with Crippen LogP contribution in [0.2, 0.25) is 5.02 Å².